The number of carbonyl (C=O) groups excluding carboxylic acids is 1. The Morgan fingerprint density at radius 3 is 2.79 bits per heavy atom. The minimum atomic E-state index is -0.316. The van der Waals surface area contributed by atoms with E-state index < -0.39 is 0 Å². The van der Waals surface area contributed by atoms with Crippen molar-refractivity contribution in [2.45, 2.75) is 38.6 Å². The summed E-state index contributed by atoms with van der Waals surface area (Å²) in [6, 6.07) is 12.3. The van der Waals surface area contributed by atoms with Crippen molar-refractivity contribution < 1.29 is 13.9 Å². The second kappa shape index (κ2) is 7.92. The molecule has 1 saturated carbocycles. The Morgan fingerprint density at radius 1 is 1.25 bits per heavy atom. The van der Waals surface area contributed by atoms with Crippen LogP contribution in [-0.4, -0.2) is 22.1 Å². The van der Waals surface area contributed by atoms with Gasteiger partial charge in [-0.1, -0.05) is 30.2 Å². The first kappa shape index (κ1) is 18.9. The predicted molar refractivity (Wildman–Crippen MR) is 107 cm³/mol. The average molecular weight is 401 g/mol. The van der Waals surface area contributed by atoms with E-state index in [-0.39, 0.29) is 23.6 Å². The number of carbonyl (C=O) groups is 1. The molecular formula is C22H22ClFN2O2. The van der Waals surface area contributed by atoms with Crippen LogP contribution in [-0.2, 0) is 16.1 Å². The van der Waals surface area contributed by atoms with Gasteiger partial charge in [-0.3, -0.25) is 4.79 Å². The number of benzene rings is 2. The molecule has 28 heavy (non-hydrogen) atoms. The van der Waals surface area contributed by atoms with Crippen LogP contribution in [0.25, 0.3) is 11.0 Å². The van der Waals surface area contributed by atoms with Gasteiger partial charge in [0.15, 0.2) is 0 Å². The van der Waals surface area contributed by atoms with Crippen molar-refractivity contribution in [3.05, 3.63) is 64.7 Å². The van der Waals surface area contributed by atoms with Gasteiger partial charge in [0.05, 0.1) is 23.6 Å². The SMILES string of the molecule is CCOC(=O)[C@H]1CCC[C@@H]1c1nc2cc(F)ccc2n1Cc1ccc(Cl)cc1. The van der Waals surface area contributed by atoms with Gasteiger partial charge in [-0.15, -0.1) is 0 Å². The summed E-state index contributed by atoms with van der Waals surface area (Å²) in [6.07, 6.45) is 2.62. The Labute approximate surface area is 168 Å². The predicted octanol–water partition coefficient (Wildman–Crippen LogP) is 5.32. The summed E-state index contributed by atoms with van der Waals surface area (Å²) >= 11 is 6.01. The summed E-state index contributed by atoms with van der Waals surface area (Å²) in [4.78, 5) is 17.2. The van der Waals surface area contributed by atoms with Gasteiger partial charge < -0.3 is 9.30 Å². The lowest BCUT2D eigenvalue weighted by atomic mass is 9.95. The molecule has 1 aliphatic rings. The maximum Gasteiger partial charge on any atom is 0.309 e. The highest BCUT2D eigenvalue weighted by molar-refractivity contribution is 6.30. The minimum Gasteiger partial charge on any atom is -0.466 e. The van der Waals surface area contributed by atoms with Crippen LogP contribution in [0.3, 0.4) is 0 Å². The van der Waals surface area contributed by atoms with Crippen LogP contribution in [0.2, 0.25) is 5.02 Å². The second-order valence-electron chi connectivity index (χ2n) is 7.21. The molecule has 146 valence electrons. The molecule has 0 aliphatic heterocycles. The largest absolute Gasteiger partial charge is 0.466 e. The fraction of sp³-hybridized carbons (Fsp3) is 0.364. The molecule has 1 aliphatic carbocycles. The molecule has 1 heterocycles. The van der Waals surface area contributed by atoms with E-state index in [1.54, 1.807) is 6.07 Å². The lowest BCUT2D eigenvalue weighted by Gasteiger charge is -2.19. The first-order valence-electron chi connectivity index (χ1n) is 9.63. The van der Waals surface area contributed by atoms with Crippen molar-refractivity contribution in [3.63, 3.8) is 0 Å². The van der Waals surface area contributed by atoms with Crippen LogP contribution in [0.15, 0.2) is 42.5 Å². The molecule has 0 N–H and O–H groups in total. The molecule has 1 aromatic heterocycles. The number of hydrogen-bond donors (Lipinski definition) is 0. The van der Waals surface area contributed by atoms with E-state index in [1.807, 2.05) is 31.2 Å². The molecule has 4 nitrogen and oxygen atoms in total. The van der Waals surface area contributed by atoms with E-state index in [1.165, 1.54) is 12.1 Å². The topological polar surface area (TPSA) is 44.1 Å². The molecule has 0 amide bonds. The Morgan fingerprint density at radius 2 is 2.04 bits per heavy atom. The van der Waals surface area contributed by atoms with Gasteiger partial charge >= 0.3 is 5.97 Å². The first-order valence-corrected chi connectivity index (χ1v) is 10.0. The number of imidazole rings is 1. The van der Waals surface area contributed by atoms with Gasteiger partial charge in [0, 0.05) is 23.6 Å². The zero-order valence-electron chi connectivity index (χ0n) is 15.7. The molecule has 3 aromatic rings. The maximum atomic E-state index is 13.8. The van der Waals surface area contributed by atoms with Gasteiger partial charge in [0.2, 0.25) is 0 Å². The maximum absolute atomic E-state index is 13.8. The molecule has 0 bridgehead atoms. The van der Waals surface area contributed by atoms with E-state index in [0.717, 1.165) is 36.2 Å². The van der Waals surface area contributed by atoms with E-state index in [0.29, 0.717) is 23.7 Å². The number of esters is 1. The standard InChI is InChI=1S/C22H22ClFN2O2/c1-2-28-22(27)18-5-3-4-17(18)21-25-19-12-16(24)10-11-20(19)26(21)13-14-6-8-15(23)9-7-14/h6-12,17-18H,2-5,13H2,1H3/t17-,18-/m0/s1. The summed E-state index contributed by atoms with van der Waals surface area (Å²) in [5.41, 5.74) is 2.54. The van der Waals surface area contributed by atoms with E-state index in [2.05, 4.69) is 4.57 Å². The third-order valence-electron chi connectivity index (χ3n) is 5.43. The van der Waals surface area contributed by atoms with Crippen LogP contribution < -0.4 is 0 Å². The zero-order valence-corrected chi connectivity index (χ0v) is 16.5. The van der Waals surface area contributed by atoms with Crippen molar-refractivity contribution >= 4 is 28.6 Å². The highest BCUT2D eigenvalue weighted by atomic mass is 35.5. The van der Waals surface area contributed by atoms with Gasteiger partial charge in [0.25, 0.3) is 0 Å². The van der Waals surface area contributed by atoms with E-state index >= 15 is 0 Å². The number of rotatable bonds is 5. The number of aromatic nitrogens is 2. The number of fused-ring (bicyclic) bond motifs is 1. The minimum absolute atomic E-state index is 0.0261. The second-order valence-corrected chi connectivity index (χ2v) is 7.65. The fourth-order valence-electron chi connectivity index (χ4n) is 4.14. The highest BCUT2D eigenvalue weighted by Gasteiger charge is 2.38. The van der Waals surface area contributed by atoms with Crippen LogP contribution in [0.1, 0.15) is 43.5 Å². The normalized spacial score (nSPS) is 19.2. The van der Waals surface area contributed by atoms with Crippen LogP contribution in [0, 0.1) is 11.7 Å². The number of hydrogen-bond acceptors (Lipinski definition) is 3. The molecule has 6 heteroatoms. The molecule has 4 rings (SSSR count). The van der Waals surface area contributed by atoms with Gasteiger partial charge in [-0.05, 0) is 49.6 Å². The highest BCUT2D eigenvalue weighted by Crippen LogP contribution is 2.41. The van der Waals surface area contributed by atoms with Crippen molar-refractivity contribution in [3.8, 4) is 0 Å². The molecule has 0 spiro atoms. The third kappa shape index (κ3) is 3.63. The fourth-order valence-corrected chi connectivity index (χ4v) is 4.27. The van der Waals surface area contributed by atoms with Crippen LogP contribution in [0.5, 0.6) is 0 Å². The number of halogens is 2. The van der Waals surface area contributed by atoms with Gasteiger partial charge in [0.1, 0.15) is 11.6 Å². The Hall–Kier alpha value is -2.40. The molecule has 0 radical (unpaired) electrons. The summed E-state index contributed by atoms with van der Waals surface area (Å²) < 4.78 is 21.2. The molecule has 0 saturated heterocycles. The summed E-state index contributed by atoms with van der Waals surface area (Å²) in [5, 5.41) is 0.680. The summed E-state index contributed by atoms with van der Waals surface area (Å²) in [5.74, 6) is 0.114. The molecule has 1 fully saturated rings. The molecule has 0 unspecified atom stereocenters. The average Bonchev–Trinajstić information content (AvgIpc) is 3.28. The summed E-state index contributed by atoms with van der Waals surface area (Å²) in [6.45, 7) is 2.77. The van der Waals surface area contributed by atoms with Gasteiger partial charge in [-0.25, -0.2) is 9.37 Å². The lowest BCUT2D eigenvalue weighted by molar-refractivity contribution is -0.148. The van der Waals surface area contributed by atoms with E-state index in [9.17, 15) is 9.18 Å². The van der Waals surface area contributed by atoms with Crippen LogP contribution >= 0.6 is 11.6 Å². The number of nitrogens with zero attached hydrogens (tertiary/aromatic N) is 2. The van der Waals surface area contributed by atoms with Crippen molar-refractivity contribution in [2.24, 2.45) is 5.92 Å². The van der Waals surface area contributed by atoms with E-state index in [4.69, 9.17) is 21.3 Å². The van der Waals surface area contributed by atoms with Crippen molar-refractivity contribution in [1.82, 2.24) is 9.55 Å². The Bertz CT molecular complexity index is 1000. The zero-order chi connectivity index (χ0) is 19.7. The smallest absolute Gasteiger partial charge is 0.309 e. The monoisotopic (exact) mass is 400 g/mol. The molecule has 2 aromatic carbocycles. The molecule has 2 atom stereocenters. The lowest BCUT2D eigenvalue weighted by Crippen LogP contribution is -2.23. The van der Waals surface area contributed by atoms with Crippen molar-refractivity contribution in [2.75, 3.05) is 6.61 Å². The number of ether oxygens (including phenoxy) is 1. The van der Waals surface area contributed by atoms with Gasteiger partial charge in [-0.2, -0.15) is 0 Å². The van der Waals surface area contributed by atoms with Crippen LogP contribution in [0.4, 0.5) is 4.39 Å². The quantitative estimate of drug-likeness (QED) is 0.544. The third-order valence-corrected chi connectivity index (χ3v) is 5.68. The Kier molecular flexibility index (Phi) is 5.36. The summed E-state index contributed by atoms with van der Waals surface area (Å²) in [7, 11) is 0. The Balaban J connectivity index is 1.78. The molecular weight excluding hydrogens is 379 g/mol. The van der Waals surface area contributed by atoms with Crippen molar-refractivity contribution in [1.29, 1.82) is 0 Å². The first-order chi connectivity index (χ1) is 13.6.